The van der Waals surface area contributed by atoms with Crippen LogP contribution in [0.15, 0.2) is 25.3 Å². The Morgan fingerprint density at radius 2 is 1.92 bits per heavy atom. The second-order valence-electron chi connectivity index (χ2n) is 12.3. The van der Waals surface area contributed by atoms with E-state index < -0.39 is 17.8 Å². The third-order valence-corrected chi connectivity index (χ3v) is 10.3. The van der Waals surface area contributed by atoms with E-state index in [9.17, 15) is 14.4 Å². The quantitative estimate of drug-likeness (QED) is 0.499. The molecule has 2 saturated carbocycles. The summed E-state index contributed by atoms with van der Waals surface area (Å²) < 4.78 is 15.3. The molecule has 5 aliphatic rings. The summed E-state index contributed by atoms with van der Waals surface area (Å²) in [6.07, 6.45) is 5.96. The highest BCUT2D eigenvalue weighted by atomic mass is 19.1. The Labute approximate surface area is 224 Å². The molecule has 0 radical (unpaired) electrons. The first kappa shape index (κ1) is 25.5. The third kappa shape index (κ3) is 4.14. The van der Waals surface area contributed by atoms with Gasteiger partial charge < -0.3 is 0 Å². The van der Waals surface area contributed by atoms with E-state index in [1.54, 1.807) is 6.07 Å². The minimum Gasteiger partial charge on any atom is -0.300 e. The standard InChI is InChI=1S/C31H38FN3O3/c1-5-21-22(26(21)15-34-14-19-11-20(34)10-17(19)3)7-6-16(2)23-12-25-24(13-27(23)32)18(4)35(31(25)38)28-8-9-29(36)33-30(28)37/h12-13,17,19-22,26,28H,2,4-11,14-15H2,1,3H3,(H,33,36,37)/t17?,19?,20?,21?,22-,26-,28?/m0/s1. The zero-order chi connectivity index (χ0) is 26.9. The number of halogens is 1. The summed E-state index contributed by atoms with van der Waals surface area (Å²) >= 11 is 0. The highest BCUT2D eigenvalue weighted by Gasteiger charge is 2.51. The molecule has 3 amide bonds. The van der Waals surface area contributed by atoms with Crippen LogP contribution in [0.3, 0.4) is 0 Å². The molecule has 2 aliphatic carbocycles. The van der Waals surface area contributed by atoms with Gasteiger partial charge in [-0.25, -0.2) is 4.39 Å². The molecule has 6 nitrogen and oxygen atoms in total. The lowest BCUT2D eigenvalue weighted by atomic mass is 9.95. The molecule has 38 heavy (non-hydrogen) atoms. The fourth-order valence-electron chi connectivity index (χ4n) is 8.00. The number of amides is 3. The highest BCUT2D eigenvalue weighted by Crippen LogP contribution is 2.54. The van der Waals surface area contributed by atoms with E-state index in [1.807, 2.05) is 0 Å². The number of likely N-dealkylation sites (tertiary alicyclic amines) is 1. The van der Waals surface area contributed by atoms with Gasteiger partial charge in [-0.05, 0) is 79.4 Å². The molecule has 1 aromatic carbocycles. The van der Waals surface area contributed by atoms with Gasteiger partial charge in [0.05, 0.1) is 5.56 Å². The normalized spacial score (nSPS) is 34.2. The smallest absolute Gasteiger partial charge is 0.259 e. The Balaban J connectivity index is 1.11. The maximum atomic E-state index is 15.3. The van der Waals surface area contributed by atoms with Crippen molar-refractivity contribution < 1.29 is 18.8 Å². The monoisotopic (exact) mass is 519 g/mol. The van der Waals surface area contributed by atoms with Crippen LogP contribution in [0.1, 0.15) is 80.3 Å². The van der Waals surface area contributed by atoms with E-state index in [0.29, 0.717) is 40.3 Å². The predicted octanol–water partition coefficient (Wildman–Crippen LogP) is 4.85. The van der Waals surface area contributed by atoms with Crippen LogP contribution in [-0.4, -0.2) is 52.7 Å². The molecule has 4 fully saturated rings. The van der Waals surface area contributed by atoms with Gasteiger partial charge in [0.1, 0.15) is 11.9 Å². The summed E-state index contributed by atoms with van der Waals surface area (Å²) in [5.74, 6) is 2.19. The number of carbonyl (C=O) groups is 3. The number of hydrogen-bond acceptors (Lipinski definition) is 4. The molecule has 2 bridgehead atoms. The van der Waals surface area contributed by atoms with Crippen LogP contribution in [0.4, 0.5) is 4.39 Å². The van der Waals surface area contributed by atoms with Crippen LogP contribution in [0.5, 0.6) is 0 Å². The van der Waals surface area contributed by atoms with Gasteiger partial charge in [-0.15, -0.1) is 0 Å². The zero-order valence-corrected chi connectivity index (χ0v) is 22.5. The number of nitrogens with zero attached hydrogens (tertiary/aromatic N) is 2. The van der Waals surface area contributed by atoms with Crippen LogP contribution < -0.4 is 5.32 Å². The van der Waals surface area contributed by atoms with Gasteiger partial charge in [-0.1, -0.05) is 33.4 Å². The van der Waals surface area contributed by atoms with E-state index in [1.165, 1.54) is 43.3 Å². The molecule has 1 aromatic rings. The van der Waals surface area contributed by atoms with Gasteiger partial charge in [0, 0.05) is 42.4 Å². The van der Waals surface area contributed by atoms with Crippen molar-refractivity contribution in [2.24, 2.45) is 29.6 Å². The zero-order valence-electron chi connectivity index (χ0n) is 22.5. The number of rotatable bonds is 8. The largest absolute Gasteiger partial charge is 0.300 e. The lowest BCUT2D eigenvalue weighted by Crippen LogP contribution is -2.52. The minimum absolute atomic E-state index is 0.152. The van der Waals surface area contributed by atoms with E-state index in [4.69, 9.17) is 0 Å². The summed E-state index contributed by atoms with van der Waals surface area (Å²) in [7, 11) is 0. The molecular weight excluding hydrogens is 481 g/mol. The topological polar surface area (TPSA) is 69.7 Å². The molecule has 2 saturated heterocycles. The number of nitrogens with one attached hydrogen (secondary N) is 1. The molecule has 7 atom stereocenters. The van der Waals surface area contributed by atoms with Gasteiger partial charge >= 0.3 is 0 Å². The molecule has 1 N–H and O–H groups in total. The first-order valence-electron chi connectivity index (χ1n) is 14.3. The fraction of sp³-hybridized carbons (Fsp3) is 0.581. The van der Waals surface area contributed by atoms with Crippen molar-refractivity contribution in [1.82, 2.24) is 15.1 Å². The van der Waals surface area contributed by atoms with Gasteiger partial charge in [-0.2, -0.15) is 0 Å². The van der Waals surface area contributed by atoms with E-state index in [2.05, 4.69) is 37.2 Å². The maximum absolute atomic E-state index is 15.3. The Morgan fingerprint density at radius 1 is 1.13 bits per heavy atom. The van der Waals surface area contributed by atoms with Crippen molar-refractivity contribution in [2.45, 2.75) is 70.9 Å². The molecule has 5 unspecified atom stereocenters. The first-order valence-corrected chi connectivity index (χ1v) is 14.3. The molecule has 7 heteroatoms. The Hall–Kier alpha value is -2.80. The highest BCUT2D eigenvalue weighted by molar-refractivity contribution is 6.13. The first-order chi connectivity index (χ1) is 18.2. The van der Waals surface area contributed by atoms with Crippen molar-refractivity contribution >= 4 is 29.0 Å². The molecule has 0 aromatic heterocycles. The number of piperidine rings is 2. The summed E-state index contributed by atoms with van der Waals surface area (Å²) in [6.45, 7) is 15.3. The van der Waals surface area contributed by atoms with Crippen molar-refractivity contribution in [3.63, 3.8) is 0 Å². The second-order valence-corrected chi connectivity index (χ2v) is 12.3. The van der Waals surface area contributed by atoms with Gasteiger partial charge in [-0.3, -0.25) is 29.5 Å². The van der Waals surface area contributed by atoms with Crippen LogP contribution in [0.25, 0.3) is 11.3 Å². The number of fused-ring (bicyclic) bond motifs is 3. The second kappa shape index (κ2) is 9.44. The van der Waals surface area contributed by atoms with E-state index in [0.717, 1.165) is 36.1 Å². The lowest BCUT2D eigenvalue weighted by Gasteiger charge is -2.30. The Bertz CT molecular complexity index is 1240. The SMILES string of the molecule is C=C(CC[C@H]1C(CC)[C@@H]1CN1CC2CC1CC2C)c1cc2c(cc1F)C(=C)N(C1CCC(=O)NC1=O)C2=O. The lowest BCUT2D eigenvalue weighted by molar-refractivity contribution is -0.136. The predicted molar refractivity (Wildman–Crippen MR) is 144 cm³/mol. The summed E-state index contributed by atoms with van der Waals surface area (Å²) in [6, 6.07) is 2.88. The average molecular weight is 520 g/mol. The van der Waals surface area contributed by atoms with Gasteiger partial charge in [0.15, 0.2) is 0 Å². The molecule has 3 aliphatic heterocycles. The summed E-state index contributed by atoms with van der Waals surface area (Å²) in [5, 5.41) is 2.29. The molecule has 3 heterocycles. The van der Waals surface area contributed by atoms with Crippen LogP contribution in [0, 0.1) is 35.4 Å². The van der Waals surface area contributed by atoms with Crippen molar-refractivity contribution in [2.75, 3.05) is 13.1 Å². The van der Waals surface area contributed by atoms with Crippen molar-refractivity contribution in [1.29, 1.82) is 0 Å². The van der Waals surface area contributed by atoms with Crippen LogP contribution in [-0.2, 0) is 9.59 Å². The number of carbonyl (C=O) groups excluding carboxylic acids is 3. The van der Waals surface area contributed by atoms with Crippen LogP contribution >= 0.6 is 0 Å². The number of hydrogen-bond donors (Lipinski definition) is 1. The third-order valence-electron chi connectivity index (χ3n) is 10.3. The molecule has 202 valence electrons. The van der Waals surface area contributed by atoms with E-state index in [-0.39, 0.29) is 24.7 Å². The number of allylic oxidation sites excluding steroid dienone is 1. The van der Waals surface area contributed by atoms with Gasteiger partial charge in [0.25, 0.3) is 5.91 Å². The molecular formula is C31H38FN3O3. The maximum Gasteiger partial charge on any atom is 0.259 e. The average Bonchev–Trinajstić information content (AvgIpc) is 3.07. The molecule has 6 rings (SSSR count). The Kier molecular flexibility index (Phi) is 6.33. The van der Waals surface area contributed by atoms with E-state index >= 15 is 4.39 Å². The minimum atomic E-state index is -0.818. The Morgan fingerprint density at radius 3 is 2.58 bits per heavy atom. The van der Waals surface area contributed by atoms with Crippen molar-refractivity contribution in [3.05, 3.63) is 47.8 Å². The van der Waals surface area contributed by atoms with Crippen LogP contribution in [0.2, 0.25) is 0 Å². The number of benzene rings is 1. The summed E-state index contributed by atoms with van der Waals surface area (Å²) in [5.41, 5.74) is 2.11. The fourth-order valence-corrected chi connectivity index (χ4v) is 8.00. The number of imide groups is 1. The van der Waals surface area contributed by atoms with Gasteiger partial charge in [0.2, 0.25) is 11.8 Å². The summed E-state index contributed by atoms with van der Waals surface area (Å²) in [4.78, 5) is 41.3. The molecule has 0 spiro atoms. The van der Waals surface area contributed by atoms with Crippen molar-refractivity contribution in [3.8, 4) is 0 Å².